The van der Waals surface area contributed by atoms with Crippen LogP contribution in [0.2, 0.25) is 0 Å². The van der Waals surface area contributed by atoms with Gasteiger partial charge in [-0.25, -0.2) is 4.98 Å². The van der Waals surface area contributed by atoms with Crippen molar-refractivity contribution in [1.29, 1.82) is 0 Å². The molecule has 3 rings (SSSR count). The number of thiazole rings is 1. The Morgan fingerprint density at radius 1 is 1.07 bits per heavy atom. The van der Waals surface area contributed by atoms with Gasteiger partial charge in [-0.1, -0.05) is 74.1 Å². The van der Waals surface area contributed by atoms with E-state index in [1.165, 1.54) is 23.1 Å². The van der Waals surface area contributed by atoms with Crippen LogP contribution in [0.4, 0.5) is 5.69 Å². The quantitative estimate of drug-likeness (QED) is 0.398. The van der Waals surface area contributed by atoms with Crippen LogP contribution in [0.3, 0.4) is 0 Å². The monoisotopic (exact) mass is 410 g/mol. The van der Waals surface area contributed by atoms with E-state index in [2.05, 4.69) is 24.1 Å². The molecule has 1 N–H and O–H groups in total. The maximum Gasteiger partial charge on any atom is 0.230 e. The van der Waals surface area contributed by atoms with Gasteiger partial charge in [-0.3, -0.25) is 9.59 Å². The zero-order valence-corrected chi connectivity index (χ0v) is 17.5. The third kappa shape index (κ3) is 5.53. The van der Waals surface area contributed by atoms with Gasteiger partial charge in [0.15, 0.2) is 10.1 Å². The summed E-state index contributed by atoms with van der Waals surface area (Å²) in [5, 5.41) is 4.86. The number of hydrogen-bond acceptors (Lipinski definition) is 5. The molecule has 0 aliphatic heterocycles. The molecule has 0 saturated heterocycles. The Morgan fingerprint density at radius 3 is 2.54 bits per heavy atom. The summed E-state index contributed by atoms with van der Waals surface area (Å²) in [6.45, 7) is 4.21. The van der Waals surface area contributed by atoms with Crippen LogP contribution >= 0.6 is 23.1 Å². The fourth-order valence-electron chi connectivity index (χ4n) is 2.74. The van der Waals surface area contributed by atoms with E-state index in [-0.39, 0.29) is 18.1 Å². The number of benzene rings is 2. The number of rotatable bonds is 8. The summed E-state index contributed by atoms with van der Waals surface area (Å²) >= 11 is 2.87. The molecule has 6 heteroatoms. The zero-order chi connectivity index (χ0) is 19.9. The average molecular weight is 411 g/mol. The predicted molar refractivity (Wildman–Crippen MR) is 116 cm³/mol. The van der Waals surface area contributed by atoms with E-state index in [0.29, 0.717) is 17.2 Å². The number of thioether (sulfide) groups is 1. The maximum atomic E-state index is 12.4. The SMILES string of the molecule is CC(C)c1ccccc1NC(=O)Cc1csc(SCC(=O)c2ccccc2)n1. The summed E-state index contributed by atoms with van der Waals surface area (Å²) in [7, 11) is 0. The largest absolute Gasteiger partial charge is 0.325 e. The molecule has 28 heavy (non-hydrogen) atoms. The van der Waals surface area contributed by atoms with Crippen LogP contribution in [0.5, 0.6) is 0 Å². The Labute approximate surface area is 173 Å². The number of ketones is 1. The lowest BCUT2D eigenvalue weighted by Crippen LogP contribution is -2.16. The van der Waals surface area contributed by atoms with Crippen LogP contribution in [0.1, 0.15) is 41.4 Å². The van der Waals surface area contributed by atoms with Crippen molar-refractivity contribution in [2.75, 3.05) is 11.1 Å². The Kier molecular flexibility index (Phi) is 7.01. The van der Waals surface area contributed by atoms with Crippen molar-refractivity contribution in [3.8, 4) is 0 Å². The van der Waals surface area contributed by atoms with E-state index in [1.807, 2.05) is 60.0 Å². The van der Waals surface area contributed by atoms with Crippen LogP contribution in [-0.2, 0) is 11.2 Å². The number of carbonyl (C=O) groups excluding carboxylic acids is 2. The van der Waals surface area contributed by atoms with Crippen LogP contribution in [0, 0.1) is 0 Å². The highest BCUT2D eigenvalue weighted by Crippen LogP contribution is 2.25. The van der Waals surface area contributed by atoms with Gasteiger partial charge in [-0.05, 0) is 17.5 Å². The van der Waals surface area contributed by atoms with Crippen molar-refractivity contribution in [3.63, 3.8) is 0 Å². The summed E-state index contributed by atoms with van der Waals surface area (Å²) < 4.78 is 0.801. The lowest BCUT2D eigenvalue weighted by molar-refractivity contribution is -0.115. The Bertz CT molecular complexity index is 952. The third-order valence-electron chi connectivity index (χ3n) is 4.15. The molecule has 1 aromatic heterocycles. The molecule has 0 saturated carbocycles. The summed E-state index contributed by atoms with van der Waals surface area (Å²) in [6.07, 6.45) is 0.218. The fraction of sp³-hybridized carbons (Fsp3) is 0.227. The summed E-state index contributed by atoms with van der Waals surface area (Å²) in [6, 6.07) is 17.1. The molecule has 2 aromatic carbocycles. The number of carbonyl (C=O) groups is 2. The van der Waals surface area contributed by atoms with Gasteiger partial charge >= 0.3 is 0 Å². The number of Topliss-reactive ketones (excluding diaryl/α,β-unsaturated/α-hetero) is 1. The lowest BCUT2D eigenvalue weighted by Gasteiger charge is -2.13. The first-order valence-corrected chi connectivity index (χ1v) is 10.9. The summed E-state index contributed by atoms with van der Waals surface area (Å²) in [5.74, 6) is 0.659. The van der Waals surface area contributed by atoms with Crippen molar-refractivity contribution >= 4 is 40.5 Å². The maximum absolute atomic E-state index is 12.4. The number of para-hydroxylation sites is 1. The molecule has 0 atom stereocenters. The minimum atomic E-state index is -0.0877. The van der Waals surface area contributed by atoms with Gasteiger partial charge in [0.1, 0.15) is 0 Å². The number of anilines is 1. The second-order valence-electron chi connectivity index (χ2n) is 6.65. The molecular formula is C22H22N2O2S2. The molecule has 0 radical (unpaired) electrons. The number of amides is 1. The van der Waals surface area contributed by atoms with Gasteiger partial charge in [-0.15, -0.1) is 11.3 Å². The Hall–Kier alpha value is -2.44. The van der Waals surface area contributed by atoms with E-state index in [9.17, 15) is 9.59 Å². The molecule has 0 aliphatic carbocycles. The smallest absolute Gasteiger partial charge is 0.230 e. The van der Waals surface area contributed by atoms with Crippen LogP contribution in [-0.4, -0.2) is 22.4 Å². The van der Waals surface area contributed by atoms with Crippen LogP contribution in [0.25, 0.3) is 0 Å². The molecular weight excluding hydrogens is 388 g/mol. The van der Waals surface area contributed by atoms with Crippen molar-refractivity contribution in [2.45, 2.75) is 30.5 Å². The van der Waals surface area contributed by atoms with Crippen LogP contribution < -0.4 is 5.32 Å². The molecule has 0 bridgehead atoms. The third-order valence-corrected chi connectivity index (χ3v) is 6.22. The number of nitrogens with one attached hydrogen (secondary N) is 1. The Morgan fingerprint density at radius 2 is 1.79 bits per heavy atom. The van der Waals surface area contributed by atoms with Crippen LogP contribution in [0.15, 0.2) is 64.3 Å². The van der Waals surface area contributed by atoms with Crippen molar-refractivity contribution in [2.24, 2.45) is 0 Å². The van der Waals surface area contributed by atoms with Crippen molar-refractivity contribution < 1.29 is 9.59 Å². The molecule has 144 valence electrons. The molecule has 1 amide bonds. The zero-order valence-electron chi connectivity index (χ0n) is 15.8. The van der Waals surface area contributed by atoms with E-state index in [1.54, 1.807) is 0 Å². The first-order chi connectivity index (χ1) is 13.5. The highest BCUT2D eigenvalue weighted by Gasteiger charge is 2.13. The first kappa shape index (κ1) is 20.3. The van der Waals surface area contributed by atoms with E-state index in [4.69, 9.17) is 0 Å². The van der Waals surface area contributed by atoms with E-state index in [0.717, 1.165) is 21.3 Å². The van der Waals surface area contributed by atoms with E-state index >= 15 is 0 Å². The molecule has 0 unspecified atom stereocenters. The highest BCUT2D eigenvalue weighted by atomic mass is 32.2. The van der Waals surface area contributed by atoms with Gasteiger partial charge in [0, 0.05) is 16.6 Å². The number of aromatic nitrogens is 1. The molecule has 0 spiro atoms. The predicted octanol–water partition coefficient (Wildman–Crippen LogP) is 5.42. The molecule has 1 heterocycles. The summed E-state index contributed by atoms with van der Waals surface area (Å²) in [5.41, 5.74) is 3.39. The minimum absolute atomic E-state index is 0.0744. The first-order valence-electron chi connectivity index (χ1n) is 9.07. The normalized spacial score (nSPS) is 10.8. The molecule has 3 aromatic rings. The number of hydrogen-bond donors (Lipinski definition) is 1. The Balaban J connectivity index is 1.54. The van der Waals surface area contributed by atoms with Gasteiger partial charge < -0.3 is 5.32 Å². The topological polar surface area (TPSA) is 59.1 Å². The highest BCUT2D eigenvalue weighted by molar-refractivity contribution is 8.01. The second-order valence-corrected chi connectivity index (χ2v) is 8.73. The van der Waals surface area contributed by atoms with Gasteiger partial charge in [-0.2, -0.15) is 0 Å². The summed E-state index contributed by atoms with van der Waals surface area (Å²) in [4.78, 5) is 29.1. The lowest BCUT2D eigenvalue weighted by atomic mass is 10.0. The second kappa shape index (κ2) is 9.66. The molecule has 0 aliphatic rings. The molecule has 0 fully saturated rings. The van der Waals surface area contributed by atoms with Gasteiger partial charge in [0.25, 0.3) is 0 Å². The van der Waals surface area contributed by atoms with Gasteiger partial charge in [0.05, 0.1) is 17.9 Å². The standard InChI is InChI=1S/C22H22N2O2S2/c1-15(2)18-10-6-7-11-19(18)24-21(26)12-17-13-27-22(23-17)28-14-20(25)16-8-4-3-5-9-16/h3-11,13,15H,12,14H2,1-2H3,(H,24,26). The number of nitrogens with zero attached hydrogens (tertiary/aromatic N) is 1. The minimum Gasteiger partial charge on any atom is -0.325 e. The van der Waals surface area contributed by atoms with Crippen molar-refractivity contribution in [1.82, 2.24) is 4.98 Å². The fourth-order valence-corrected chi connectivity index (χ4v) is 4.48. The van der Waals surface area contributed by atoms with E-state index < -0.39 is 0 Å². The van der Waals surface area contributed by atoms with Gasteiger partial charge in [0.2, 0.25) is 5.91 Å². The average Bonchev–Trinajstić information content (AvgIpc) is 3.14. The van der Waals surface area contributed by atoms with Crippen molar-refractivity contribution in [3.05, 3.63) is 76.8 Å². The molecule has 4 nitrogen and oxygen atoms in total.